The first-order chi connectivity index (χ1) is 9.69. The topological polar surface area (TPSA) is 43.8 Å². The Morgan fingerprint density at radius 3 is 2.90 bits per heavy atom. The largest absolute Gasteiger partial charge is 0.395 e. The number of fused-ring (bicyclic) bond motifs is 1. The van der Waals surface area contributed by atoms with Crippen molar-refractivity contribution >= 4 is 17.4 Å². The minimum absolute atomic E-state index is 0.823. The number of nitrogens with zero attached hydrogens (tertiary/aromatic N) is 2. The van der Waals surface area contributed by atoms with Gasteiger partial charge in [-0.25, -0.2) is 0 Å². The number of nitrogen functional groups attached to an aromatic ring is 1. The molecule has 0 radical (unpaired) electrons. The zero-order valence-electron chi connectivity index (χ0n) is 12.1. The van der Waals surface area contributed by atoms with Crippen LogP contribution in [0.2, 0.25) is 0 Å². The monoisotopic (exact) mass is 287 g/mol. The van der Waals surface area contributed by atoms with Crippen molar-refractivity contribution in [3.63, 3.8) is 0 Å². The van der Waals surface area contributed by atoms with Crippen molar-refractivity contribution in [2.45, 2.75) is 56.0 Å². The van der Waals surface area contributed by atoms with E-state index in [-0.39, 0.29) is 0 Å². The number of aryl methyl sites for hydroxylation is 4. The Morgan fingerprint density at radius 1 is 1.30 bits per heavy atom. The molecule has 0 saturated carbocycles. The quantitative estimate of drug-likeness (QED) is 0.929. The van der Waals surface area contributed by atoms with Gasteiger partial charge in [0.05, 0.1) is 11.4 Å². The minimum atomic E-state index is 0.823. The maximum Gasteiger partial charge on any atom is 0.122 e. The fraction of sp³-hybridized carbons (Fsp3) is 0.438. The van der Waals surface area contributed by atoms with E-state index in [2.05, 4.69) is 30.2 Å². The summed E-state index contributed by atoms with van der Waals surface area (Å²) in [5, 5.41) is 5.62. The van der Waals surface area contributed by atoms with Crippen LogP contribution in [0.25, 0.3) is 0 Å². The van der Waals surface area contributed by atoms with Gasteiger partial charge in [0, 0.05) is 11.4 Å². The summed E-state index contributed by atoms with van der Waals surface area (Å²) < 4.78 is 2.04. The SMILES string of the molecule is CCCn1nc(C)c(N)c1Sc1ccc2c(c1)CCC2. The average Bonchev–Trinajstić information content (AvgIpc) is 2.99. The van der Waals surface area contributed by atoms with Gasteiger partial charge in [0.25, 0.3) is 0 Å². The number of hydrogen-bond donors (Lipinski definition) is 1. The molecule has 0 fully saturated rings. The fourth-order valence-electron chi connectivity index (χ4n) is 2.77. The summed E-state index contributed by atoms with van der Waals surface area (Å²) >= 11 is 1.74. The highest BCUT2D eigenvalue weighted by molar-refractivity contribution is 7.99. The van der Waals surface area contributed by atoms with Crippen LogP contribution in [0.3, 0.4) is 0 Å². The first-order valence-electron chi connectivity index (χ1n) is 7.31. The van der Waals surface area contributed by atoms with Crippen LogP contribution in [0.1, 0.15) is 36.6 Å². The molecule has 0 saturated heterocycles. The molecule has 0 bridgehead atoms. The number of anilines is 1. The van der Waals surface area contributed by atoms with E-state index in [4.69, 9.17) is 5.73 Å². The smallest absolute Gasteiger partial charge is 0.122 e. The molecule has 2 aromatic rings. The molecular formula is C16H21N3S. The van der Waals surface area contributed by atoms with Crippen LogP contribution in [0.15, 0.2) is 28.1 Å². The third-order valence-corrected chi connectivity index (χ3v) is 4.96. The van der Waals surface area contributed by atoms with Gasteiger partial charge in [0.1, 0.15) is 5.03 Å². The van der Waals surface area contributed by atoms with Gasteiger partial charge in [-0.15, -0.1) is 0 Å². The maximum absolute atomic E-state index is 6.19. The Hall–Kier alpha value is -1.42. The number of nitrogens with two attached hydrogens (primary N) is 1. The first-order valence-corrected chi connectivity index (χ1v) is 8.13. The lowest BCUT2D eigenvalue weighted by Gasteiger charge is -2.08. The molecular weight excluding hydrogens is 266 g/mol. The van der Waals surface area contributed by atoms with Gasteiger partial charge in [-0.3, -0.25) is 4.68 Å². The predicted octanol–water partition coefficient (Wildman–Crippen LogP) is 3.82. The van der Waals surface area contributed by atoms with E-state index in [0.717, 1.165) is 29.4 Å². The summed E-state index contributed by atoms with van der Waals surface area (Å²) in [6.45, 7) is 5.07. The Bertz CT molecular complexity index is 631. The van der Waals surface area contributed by atoms with Crippen molar-refractivity contribution in [3.05, 3.63) is 35.0 Å². The highest BCUT2D eigenvalue weighted by atomic mass is 32.2. The summed E-state index contributed by atoms with van der Waals surface area (Å²) in [6.07, 6.45) is 4.80. The van der Waals surface area contributed by atoms with Crippen molar-refractivity contribution in [1.29, 1.82) is 0 Å². The van der Waals surface area contributed by atoms with Gasteiger partial charge in [0.2, 0.25) is 0 Å². The Balaban J connectivity index is 1.91. The molecule has 0 aliphatic heterocycles. The summed E-state index contributed by atoms with van der Waals surface area (Å²) in [5.74, 6) is 0. The third kappa shape index (κ3) is 2.44. The summed E-state index contributed by atoms with van der Waals surface area (Å²) in [4.78, 5) is 1.27. The molecule has 0 unspecified atom stereocenters. The van der Waals surface area contributed by atoms with Crippen LogP contribution in [-0.4, -0.2) is 9.78 Å². The fourth-order valence-corrected chi connectivity index (χ4v) is 3.82. The van der Waals surface area contributed by atoms with Crippen molar-refractivity contribution in [3.8, 4) is 0 Å². The molecule has 1 aromatic heterocycles. The van der Waals surface area contributed by atoms with Crippen molar-refractivity contribution in [2.75, 3.05) is 5.73 Å². The second-order valence-corrected chi connectivity index (χ2v) is 6.48. The molecule has 106 valence electrons. The summed E-state index contributed by atoms with van der Waals surface area (Å²) in [5.41, 5.74) is 11.0. The van der Waals surface area contributed by atoms with Crippen molar-refractivity contribution < 1.29 is 0 Å². The molecule has 1 aromatic carbocycles. The van der Waals surface area contributed by atoms with Gasteiger partial charge < -0.3 is 5.73 Å². The number of aromatic nitrogens is 2. The summed E-state index contributed by atoms with van der Waals surface area (Å²) in [6, 6.07) is 6.81. The summed E-state index contributed by atoms with van der Waals surface area (Å²) in [7, 11) is 0. The minimum Gasteiger partial charge on any atom is -0.395 e. The van der Waals surface area contributed by atoms with Crippen LogP contribution in [0.4, 0.5) is 5.69 Å². The molecule has 0 amide bonds. The zero-order valence-corrected chi connectivity index (χ0v) is 13.0. The Labute approximate surface area is 124 Å². The van der Waals surface area contributed by atoms with Gasteiger partial charge in [-0.05, 0) is 55.9 Å². The molecule has 1 aliphatic carbocycles. The zero-order chi connectivity index (χ0) is 14.1. The van der Waals surface area contributed by atoms with E-state index < -0.39 is 0 Å². The Kier molecular flexibility index (Phi) is 3.74. The van der Waals surface area contributed by atoms with Gasteiger partial charge >= 0.3 is 0 Å². The van der Waals surface area contributed by atoms with Crippen molar-refractivity contribution in [2.24, 2.45) is 0 Å². The van der Waals surface area contributed by atoms with E-state index >= 15 is 0 Å². The van der Waals surface area contributed by atoms with Crippen LogP contribution < -0.4 is 5.73 Å². The van der Waals surface area contributed by atoms with Crippen molar-refractivity contribution in [1.82, 2.24) is 9.78 Å². The van der Waals surface area contributed by atoms with Crippen LogP contribution in [0.5, 0.6) is 0 Å². The predicted molar refractivity (Wildman–Crippen MR) is 84.3 cm³/mol. The molecule has 20 heavy (non-hydrogen) atoms. The standard InChI is InChI=1S/C16H21N3S/c1-3-9-19-16(15(17)11(2)18-19)20-14-8-7-12-5-4-6-13(12)10-14/h7-8,10H,3-6,9,17H2,1-2H3. The molecule has 1 heterocycles. The van der Waals surface area contributed by atoms with E-state index in [9.17, 15) is 0 Å². The lowest BCUT2D eigenvalue weighted by Crippen LogP contribution is -2.01. The first kappa shape index (κ1) is 13.6. The lowest BCUT2D eigenvalue weighted by atomic mass is 10.1. The lowest BCUT2D eigenvalue weighted by molar-refractivity contribution is 0.556. The van der Waals surface area contributed by atoms with E-state index in [1.807, 2.05) is 11.6 Å². The second-order valence-electron chi connectivity index (χ2n) is 5.41. The van der Waals surface area contributed by atoms with Crippen LogP contribution >= 0.6 is 11.8 Å². The van der Waals surface area contributed by atoms with E-state index in [0.29, 0.717) is 0 Å². The molecule has 0 atom stereocenters. The highest BCUT2D eigenvalue weighted by Crippen LogP contribution is 2.36. The van der Waals surface area contributed by atoms with E-state index in [1.54, 1.807) is 11.8 Å². The van der Waals surface area contributed by atoms with Crippen LogP contribution in [-0.2, 0) is 19.4 Å². The molecule has 3 nitrogen and oxygen atoms in total. The second kappa shape index (κ2) is 5.52. The van der Waals surface area contributed by atoms with Gasteiger partial charge in [-0.1, -0.05) is 24.8 Å². The van der Waals surface area contributed by atoms with Crippen LogP contribution in [0, 0.1) is 6.92 Å². The molecule has 1 aliphatic rings. The third-order valence-electron chi connectivity index (χ3n) is 3.85. The highest BCUT2D eigenvalue weighted by Gasteiger charge is 2.16. The molecule has 0 spiro atoms. The Morgan fingerprint density at radius 2 is 2.10 bits per heavy atom. The normalized spacial score (nSPS) is 13.7. The average molecular weight is 287 g/mol. The molecule has 3 rings (SSSR count). The maximum atomic E-state index is 6.19. The number of hydrogen-bond acceptors (Lipinski definition) is 3. The van der Waals surface area contributed by atoms with Gasteiger partial charge in [-0.2, -0.15) is 5.10 Å². The molecule has 2 N–H and O–H groups in total. The number of rotatable bonds is 4. The number of benzene rings is 1. The van der Waals surface area contributed by atoms with E-state index in [1.165, 1.54) is 35.3 Å². The van der Waals surface area contributed by atoms with Gasteiger partial charge in [0.15, 0.2) is 0 Å². The molecule has 4 heteroatoms.